The predicted molar refractivity (Wildman–Crippen MR) is 118 cm³/mol. The summed E-state index contributed by atoms with van der Waals surface area (Å²) < 4.78 is 33.1. The summed E-state index contributed by atoms with van der Waals surface area (Å²) in [6, 6.07) is 8.92. The lowest BCUT2D eigenvalue weighted by atomic mass is 9.92. The molecule has 1 heterocycles. The molecule has 8 heteroatoms. The number of fused-ring (bicyclic) bond motifs is 1. The van der Waals surface area contributed by atoms with Crippen LogP contribution in [-0.2, 0) is 30.9 Å². The molecular weight excluding hydrogens is 416 g/mol. The van der Waals surface area contributed by atoms with E-state index in [4.69, 9.17) is 4.74 Å². The molecule has 4 rings (SSSR count). The smallest absolute Gasteiger partial charge is 0.249 e. The molecule has 1 saturated carbocycles. The minimum absolute atomic E-state index is 0.0749. The quantitative estimate of drug-likeness (QED) is 0.665. The Hall–Kier alpha value is -2.87. The van der Waals surface area contributed by atoms with Crippen LogP contribution in [0.3, 0.4) is 0 Å². The molecule has 0 aliphatic heterocycles. The Labute approximate surface area is 181 Å². The van der Waals surface area contributed by atoms with Crippen LogP contribution in [0.2, 0.25) is 0 Å². The van der Waals surface area contributed by atoms with Crippen LogP contribution >= 0.6 is 0 Å². The van der Waals surface area contributed by atoms with Gasteiger partial charge in [-0.05, 0) is 44.4 Å². The van der Waals surface area contributed by atoms with Gasteiger partial charge in [0.15, 0.2) is 6.29 Å². The average molecular weight is 443 g/mol. The monoisotopic (exact) mass is 442 g/mol. The lowest BCUT2D eigenvalue weighted by Gasteiger charge is -2.33. The summed E-state index contributed by atoms with van der Waals surface area (Å²) in [6.45, 7) is 3.51. The summed E-state index contributed by atoms with van der Waals surface area (Å²) in [5.41, 5.74) is 0.662. The van der Waals surface area contributed by atoms with Crippen LogP contribution in [0.1, 0.15) is 38.8 Å². The Morgan fingerprint density at radius 1 is 1.26 bits per heavy atom. The summed E-state index contributed by atoms with van der Waals surface area (Å²) in [4.78, 5) is 24.4. The summed E-state index contributed by atoms with van der Waals surface area (Å²) >= 11 is 0. The van der Waals surface area contributed by atoms with Crippen molar-refractivity contribution in [1.29, 1.82) is 0 Å². The van der Waals surface area contributed by atoms with Crippen molar-refractivity contribution in [1.82, 2.24) is 9.29 Å². The van der Waals surface area contributed by atoms with Crippen molar-refractivity contribution in [2.45, 2.75) is 44.4 Å². The normalized spacial score (nSPS) is 22.4. The van der Waals surface area contributed by atoms with Crippen molar-refractivity contribution in [2.75, 3.05) is 7.11 Å². The molecule has 7 nitrogen and oxygen atoms in total. The highest BCUT2D eigenvalue weighted by Gasteiger charge is 2.48. The number of para-hydroxylation sites is 1. The molecule has 0 saturated heterocycles. The third-order valence-electron chi connectivity index (χ3n) is 6.48. The SMILES string of the molecule is COC1=C(C=O)C(C)(S(=O)(=O)n2c(CNC(=O)C3(C)CC3)cc3ccccc32)CC=C1. The van der Waals surface area contributed by atoms with Gasteiger partial charge in [-0.15, -0.1) is 0 Å². The lowest BCUT2D eigenvalue weighted by Crippen LogP contribution is -2.44. The van der Waals surface area contributed by atoms with Crippen molar-refractivity contribution >= 4 is 33.1 Å². The fourth-order valence-corrected chi connectivity index (χ4v) is 6.04. The molecule has 0 bridgehead atoms. The van der Waals surface area contributed by atoms with E-state index in [1.165, 1.54) is 18.0 Å². The topological polar surface area (TPSA) is 94.5 Å². The number of carbonyl (C=O) groups is 2. The van der Waals surface area contributed by atoms with E-state index in [0.717, 1.165) is 18.2 Å². The van der Waals surface area contributed by atoms with Crippen molar-refractivity contribution in [3.05, 3.63) is 59.5 Å². The zero-order chi connectivity index (χ0) is 22.4. The van der Waals surface area contributed by atoms with Crippen molar-refractivity contribution < 1.29 is 22.7 Å². The molecule has 1 atom stereocenters. The molecule has 1 unspecified atom stereocenters. The Bertz CT molecular complexity index is 1230. The maximum Gasteiger partial charge on any atom is 0.249 e. The van der Waals surface area contributed by atoms with E-state index in [9.17, 15) is 18.0 Å². The highest BCUT2D eigenvalue weighted by Crippen LogP contribution is 2.45. The number of nitrogens with one attached hydrogen (secondary N) is 1. The van der Waals surface area contributed by atoms with E-state index >= 15 is 0 Å². The minimum Gasteiger partial charge on any atom is -0.496 e. The number of rotatable bonds is 7. The van der Waals surface area contributed by atoms with E-state index in [2.05, 4.69) is 5.32 Å². The Morgan fingerprint density at radius 2 is 1.97 bits per heavy atom. The maximum absolute atomic E-state index is 14.1. The van der Waals surface area contributed by atoms with Gasteiger partial charge in [0, 0.05) is 10.8 Å². The number of benzene rings is 1. The van der Waals surface area contributed by atoms with Crippen LogP contribution < -0.4 is 5.32 Å². The van der Waals surface area contributed by atoms with Gasteiger partial charge >= 0.3 is 0 Å². The number of carbonyl (C=O) groups excluding carboxylic acids is 2. The van der Waals surface area contributed by atoms with Crippen molar-refractivity contribution in [3.63, 3.8) is 0 Å². The van der Waals surface area contributed by atoms with E-state index < -0.39 is 14.8 Å². The number of aldehydes is 1. The molecular formula is C23H26N2O5S. The molecule has 1 aromatic heterocycles. The highest BCUT2D eigenvalue weighted by atomic mass is 32.2. The number of nitrogens with zero attached hydrogens (tertiary/aromatic N) is 1. The third-order valence-corrected chi connectivity index (χ3v) is 8.91. The molecule has 1 N–H and O–H groups in total. The molecule has 31 heavy (non-hydrogen) atoms. The molecule has 1 amide bonds. The van der Waals surface area contributed by atoms with Crippen LogP contribution in [-0.4, -0.2) is 36.4 Å². The number of methoxy groups -OCH3 is 1. The predicted octanol–water partition coefficient (Wildman–Crippen LogP) is 3.05. The van der Waals surface area contributed by atoms with E-state index in [0.29, 0.717) is 17.5 Å². The second-order valence-corrected chi connectivity index (χ2v) is 10.9. The Morgan fingerprint density at radius 3 is 2.61 bits per heavy atom. The fourth-order valence-electron chi connectivity index (χ4n) is 4.05. The molecule has 2 aliphatic carbocycles. The van der Waals surface area contributed by atoms with Gasteiger partial charge in [-0.3, -0.25) is 9.59 Å². The molecule has 2 aromatic rings. The highest BCUT2D eigenvalue weighted by molar-refractivity contribution is 7.91. The van der Waals surface area contributed by atoms with Gasteiger partial charge in [-0.25, -0.2) is 12.4 Å². The van der Waals surface area contributed by atoms with Gasteiger partial charge in [0.25, 0.3) is 0 Å². The Kier molecular flexibility index (Phi) is 5.08. The summed E-state index contributed by atoms with van der Waals surface area (Å²) in [7, 11) is -2.69. The van der Waals surface area contributed by atoms with Crippen molar-refractivity contribution in [2.24, 2.45) is 5.41 Å². The average Bonchev–Trinajstić information content (AvgIpc) is 3.39. The van der Waals surface area contributed by atoms with Crippen LogP contribution in [0.4, 0.5) is 0 Å². The zero-order valence-corrected chi connectivity index (χ0v) is 18.7. The number of ether oxygens (including phenoxy) is 1. The first-order chi connectivity index (χ1) is 14.7. The van der Waals surface area contributed by atoms with Gasteiger partial charge in [-0.1, -0.05) is 31.2 Å². The van der Waals surface area contributed by atoms with E-state index in [-0.39, 0.29) is 35.6 Å². The van der Waals surface area contributed by atoms with Gasteiger partial charge in [0.2, 0.25) is 15.9 Å². The van der Waals surface area contributed by atoms with Gasteiger partial charge in [-0.2, -0.15) is 0 Å². The fraction of sp³-hybridized carbons (Fsp3) is 0.391. The standard InChI is InChI=1S/C23H26N2O5S/c1-22(11-12-22)21(27)24-14-17-13-16-7-4-5-8-19(16)25(17)31(28,29)23(2)10-6-9-20(30-3)18(23)15-26/h4-9,13,15H,10-12,14H2,1-3H3,(H,24,27). The number of hydrogen-bond donors (Lipinski definition) is 1. The first kappa shape index (κ1) is 21.4. The zero-order valence-electron chi connectivity index (χ0n) is 17.8. The van der Waals surface area contributed by atoms with E-state index in [1.54, 1.807) is 30.4 Å². The molecule has 0 radical (unpaired) electrons. The maximum atomic E-state index is 14.1. The van der Waals surface area contributed by atoms with Crippen LogP contribution in [0.5, 0.6) is 0 Å². The molecule has 0 spiro atoms. The Balaban J connectivity index is 1.84. The lowest BCUT2D eigenvalue weighted by molar-refractivity contribution is -0.125. The van der Waals surface area contributed by atoms with Crippen LogP contribution in [0.15, 0.2) is 53.8 Å². The molecule has 1 fully saturated rings. The summed E-state index contributed by atoms with van der Waals surface area (Å²) in [6.07, 6.45) is 5.67. The number of hydrogen-bond acceptors (Lipinski definition) is 5. The van der Waals surface area contributed by atoms with Crippen molar-refractivity contribution in [3.8, 4) is 0 Å². The molecule has 164 valence electrons. The number of allylic oxidation sites excluding steroid dienone is 2. The first-order valence-corrected chi connectivity index (χ1v) is 11.7. The van der Waals surface area contributed by atoms with Gasteiger partial charge < -0.3 is 10.1 Å². The van der Waals surface area contributed by atoms with E-state index in [1.807, 2.05) is 19.1 Å². The summed E-state index contributed by atoms with van der Waals surface area (Å²) in [5.74, 6) is 0.156. The van der Waals surface area contributed by atoms with Crippen LogP contribution in [0, 0.1) is 5.41 Å². The van der Waals surface area contributed by atoms with Crippen LogP contribution in [0.25, 0.3) is 10.9 Å². The number of amides is 1. The molecule has 2 aliphatic rings. The largest absolute Gasteiger partial charge is 0.496 e. The van der Waals surface area contributed by atoms with Gasteiger partial charge in [0.1, 0.15) is 10.5 Å². The first-order valence-electron chi connectivity index (χ1n) is 10.2. The second-order valence-electron chi connectivity index (χ2n) is 8.64. The second kappa shape index (κ2) is 7.37. The minimum atomic E-state index is -4.10. The molecule has 1 aromatic carbocycles. The summed E-state index contributed by atoms with van der Waals surface area (Å²) in [5, 5.41) is 3.63. The number of aromatic nitrogens is 1. The van der Waals surface area contributed by atoms with Gasteiger partial charge in [0.05, 0.1) is 30.4 Å². The third kappa shape index (κ3) is 3.29.